The van der Waals surface area contributed by atoms with Gasteiger partial charge < -0.3 is 15.4 Å². The van der Waals surface area contributed by atoms with Crippen molar-refractivity contribution in [2.75, 3.05) is 18.4 Å². The quantitative estimate of drug-likeness (QED) is 0.638. The van der Waals surface area contributed by atoms with E-state index in [0.29, 0.717) is 13.1 Å². The summed E-state index contributed by atoms with van der Waals surface area (Å²) in [7, 11) is 0. The zero-order valence-electron chi connectivity index (χ0n) is 10.8. The molecule has 5 nitrogen and oxygen atoms in total. The highest BCUT2D eigenvalue weighted by molar-refractivity contribution is 14.1. The van der Waals surface area contributed by atoms with E-state index in [0.717, 1.165) is 9.39 Å². The van der Waals surface area contributed by atoms with Gasteiger partial charge in [-0.15, -0.1) is 0 Å². The fraction of sp³-hybridized carbons (Fsp3) is 0.500. The summed E-state index contributed by atoms with van der Waals surface area (Å²) in [6.45, 7) is 6.59. The number of hydrogen-bond donors (Lipinski definition) is 2. The predicted molar refractivity (Wildman–Crippen MR) is 79.7 cm³/mol. The van der Waals surface area contributed by atoms with Crippen molar-refractivity contribution < 1.29 is 9.53 Å². The maximum atomic E-state index is 11.4. The molecule has 1 amide bonds. The number of nitrogens with zero attached hydrogens (tertiary/aromatic N) is 1. The topological polar surface area (TPSA) is 63.2 Å². The van der Waals surface area contributed by atoms with Gasteiger partial charge in [0.1, 0.15) is 11.4 Å². The molecule has 0 radical (unpaired) electrons. The summed E-state index contributed by atoms with van der Waals surface area (Å²) >= 11 is 2.21. The molecule has 0 atom stereocenters. The molecule has 0 aliphatic rings. The second-order valence-electron chi connectivity index (χ2n) is 4.69. The predicted octanol–water partition coefficient (Wildman–Crippen LogP) is 2.62. The minimum Gasteiger partial charge on any atom is -0.444 e. The third-order valence-corrected chi connectivity index (χ3v) is 2.71. The Bertz CT molecular complexity index is 405. The first-order valence-corrected chi connectivity index (χ1v) is 6.77. The maximum absolute atomic E-state index is 11.4. The number of carbonyl (C=O) groups is 1. The molecule has 0 bridgehead atoms. The monoisotopic (exact) mass is 363 g/mol. The molecular formula is C12H18IN3O2. The molecule has 0 spiro atoms. The first kappa shape index (κ1) is 15.0. The molecule has 0 fully saturated rings. The van der Waals surface area contributed by atoms with Gasteiger partial charge in [-0.2, -0.15) is 0 Å². The second-order valence-corrected chi connectivity index (χ2v) is 5.85. The number of pyridine rings is 1. The first-order chi connectivity index (χ1) is 8.38. The van der Waals surface area contributed by atoms with Gasteiger partial charge in [0.15, 0.2) is 0 Å². The van der Waals surface area contributed by atoms with Crippen molar-refractivity contribution in [3.63, 3.8) is 0 Å². The Morgan fingerprint density at radius 2 is 2.17 bits per heavy atom. The van der Waals surface area contributed by atoms with Crippen molar-refractivity contribution >= 4 is 34.5 Å². The molecule has 100 valence electrons. The highest BCUT2D eigenvalue weighted by Crippen LogP contribution is 2.12. The minimum atomic E-state index is -0.464. The SMILES string of the molecule is CC(C)(C)OC(=O)NCCNc1ncccc1I. The molecule has 1 aromatic heterocycles. The Hall–Kier alpha value is -1.05. The van der Waals surface area contributed by atoms with E-state index in [1.165, 1.54) is 0 Å². The lowest BCUT2D eigenvalue weighted by molar-refractivity contribution is 0.0530. The van der Waals surface area contributed by atoms with E-state index in [1.54, 1.807) is 6.20 Å². The van der Waals surface area contributed by atoms with Gasteiger partial charge in [-0.1, -0.05) is 0 Å². The summed E-state index contributed by atoms with van der Waals surface area (Å²) in [6, 6.07) is 3.85. The third kappa shape index (κ3) is 6.04. The van der Waals surface area contributed by atoms with E-state index in [4.69, 9.17) is 4.74 Å². The zero-order chi connectivity index (χ0) is 13.6. The lowest BCUT2D eigenvalue weighted by Gasteiger charge is -2.19. The van der Waals surface area contributed by atoms with E-state index in [-0.39, 0.29) is 0 Å². The number of alkyl carbamates (subject to hydrolysis) is 1. The number of hydrogen-bond acceptors (Lipinski definition) is 4. The van der Waals surface area contributed by atoms with Crippen LogP contribution in [0.15, 0.2) is 18.3 Å². The molecule has 6 heteroatoms. The van der Waals surface area contributed by atoms with E-state index < -0.39 is 11.7 Å². The zero-order valence-corrected chi connectivity index (χ0v) is 12.9. The van der Waals surface area contributed by atoms with Crippen LogP contribution in [0.2, 0.25) is 0 Å². The van der Waals surface area contributed by atoms with Crippen LogP contribution in [0.3, 0.4) is 0 Å². The van der Waals surface area contributed by atoms with Gasteiger partial charge in [0, 0.05) is 19.3 Å². The van der Waals surface area contributed by atoms with Crippen LogP contribution in [0.4, 0.5) is 10.6 Å². The number of carbonyl (C=O) groups excluding carboxylic acids is 1. The van der Waals surface area contributed by atoms with E-state index in [9.17, 15) is 4.79 Å². The molecule has 1 rings (SSSR count). The molecular weight excluding hydrogens is 345 g/mol. The van der Waals surface area contributed by atoms with Crippen LogP contribution in [0, 0.1) is 3.57 Å². The number of anilines is 1. The summed E-state index contributed by atoms with van der Waals surface area (Å²) in [4.78, 5) is 15.6. The smallest absolute Gasteiger partial charge is 0.407 e. The molecule has 2 N–H and O–H groups in total. The van der Waals surface area contributed by atoms with Crippen LogP contribution in [0.5, 0.6) is 0 Å². The first-order valence-electron chi connectivity index (χ1n) is 5.70. The molecule has 0 saturated carbocycles. The van der Waals surface area contributed by atoms with Crippen LogP contribution in [0.25, 0.3) is 0 Å². The molecule has 1 heterocycles. The van der Waals surface area contributed by atoms with E-state index in [1.807, 2.05) is 32.9 Å². The number of halogens is 1. The average Bonchev–Trinajstić information content (AvgIpc) is 2.24. The van der Waals surface area contributed by atoms with Gasteiger partial charge in [0.25, 0.3) is 0 Å². The van der Waals surface area contributed by atoms with Crippen molar-refractivity contribution in [3.05, 3.63) is 21.9 Å². The van der Waals surface area contributed by atoms with Crippen LogP contribution < -0.4 is 10.6 Å². The highest BCUT2D eigenvalue weighted by atomic mass is 127. The van der Waals surface area contributed by atoms with Crippen molar-refractivity contribution in [3.8, 4) is 0 Å². The summed E-state index contributed by atoms with van der Waals surface area (Å²) in [5.74, 6) is 0.823. The second kappa shape index (κ2) is 6.77. The number of nitrogens with one attached hydrogen (secondary N) is 2. The normalized spacial score (nSPS) is 10.9. The fourth-order valence-electron chi connectivity index (χ4n) is 1.18. The number of rotatable bonds is 4. The lowest BCUT2D eigenvalue weighted by atomic mass is 10.2. The van der Waals surface area contributed by atoms with Crippen LogP contribution in [0.1, 0.15) is 20.8 Å². The third-order valence-electron chi connectivity index (χ3n) is 1.84. The van der Waals surface area contributed by atoms with E-state index in [2.05, 4.69) is 38.2 Å². The summed E-state index contributed by atoms with van der Waals surface area (Å²) in [6.07, 6.45) is 1.33. The van der Waals surface area contributed by atoms with Crippen molar-refractivity contribution in [2.45, 2.75) is 26.4 Å². The van der Waals surface area contributed by atoms with Crippen LogP contribution in [-0.2, 0) is 4.74 Å². The van der Waals surface area contributed by atoms with Gasteiger partial charge in [-0.25, -0.2) is 9.78 Å². The highest BCUT2D eigenvalue weighted by Gasteiger charge is 2.15. The Balaban J connectivity index is 2.23. The number of amides is 1. The Labute approximate surface area is 121 Å². The molecule has 18 heavy (non-hydrogen) atoms. The largest absolute Gasteiger partial charge is 0.444 e. The molecule has 0 aliphatic heterocycles. The van der Waals surface area contributed by atoms with Crippen LogP contribution in [-0.4, -0.2) is 29.8 Å². The Kier molecular flexibility index (Phi) is 5.64. The average molecular weight is 363 g/mol. The van der Waals surface area contributed by atoms with Crippen LogP contribution >= 0.6 is 22.6 Å². The standard InChI is InChI=1S/C12H18IN3O2/c1-12(2,3)18-11(17)16-8-7-15-10-9(13)5-4-6-14-10/h4-6H,7-8H2,1-3H3,(H,14,15)(H,16,17). The van der Waals surface area contributed by atoms with E-state index >= 15 is 0 Å². The Morgan fingerprint density at radius 3 is 2.78 bits per heavy atom. The van der Waals surface area contributed by atoms with Crippen molar-refractivity contribution in [2.24, 2.45) is 0 Å². The fourth-order valence-corrected chi connectivity index (χ4v) is 1.71. The molecule has 0 aromatic carbocycles. The lowest BCUT2D eigenvalue weighted by Crippen LogP contribution is -2.35. The number of ether oxygens (including phenoxy) is 1. The molecule has 0 aliphatic carbocycles. The minimum absolute atomic E-state index is 0.403. The van der Waals surface area contributed by atoms with Gasteiger partial charge in [0.05, 0.1) is 3.57 Å². The van der Waals surface area contributed by atoms with Gasteiger partial charge >= 0.3 is 6.09 Å². The van der Waals surface area contributed by atoms with Gasteiger partial charge in [-0.3, -0.25) is 0 Å². The summed E-state index contributed by atoms with van der Waals surface area (Å²) in [5.41, 5.74) is -0.464. The molecule has 0 saturated heterocycles. The van der Waals surface area contributed by atoms with Gasteiger partial charge in [0.2, 0.25) is 0 Å². The number of aromatic nitrogens is 1. The van der Waals surface area contributed by atoms with Crippen molar-refractivity contribution in [1.29, 1.82) is 0 Å². The molecule has 1 aromatic rings. The summed E-state index contributed by atoms with van der Waals surface area (Å²) in [5, 5.41) is 5.82. The summed E-state index contributed by atoms with van der Waals surface area (Å²) < 4.78 is 6.17. The van der Waals surface area contributed by atoms with Gasteiger partial charge in [-0.05, 0) is 55.5 Å². The Morgan fingerprint density at radius 1 is 1.44 bits per heavy atom. The van der Waals surface area contributed by atoms with Crippen molar-refractivity contribution in [1.82, 2.24) is 10.3 Å². The maximum Gasteiger partial charge on any atom is 0.407 e. The molecule has 0 unspecified atom stereocenters.